The molecule has 42 heavy (non-hydrogen) atoms. The lowest BCUT2D eigenvalue weighted by Crippen LogP contribution is -2.65. The van der Waals surface area contributed by atoms with Gasteiger partial charge in [0.1, 0.15) is 0 Å². The van der Waals surface area contributed by atoms with Crippen LogP contribution in [0, 0.1) is 23.2 Å². The number of rotatable bonds is 11. The Kier molecular flexibility index (Phi) is 7.96. The molecule has 9 heteroatoms. The van der Waals surface area contributed by atoms with Crippen molar-refractivity contribution in [2.45, 2.75) is 96.6 Å². The normalized spacial score (nSPS) is 31.6. The molecule has 1 amide bonds. The van der Waals surface area contributed by atoms with Crippen LogP contribution >= 0.6 is 0 Å². The summed E-state index contributed by atoms with van der Waals surface area (Å²) in [5.74, 6) is 0.957. The molecule has 0 radical (unpaired) electrons. The lowest BCUT2D eigenvalue weighted by Gasteiger charge is -2.64. The summed E-state index contributed by atoms with van der Waals surface area (Å²) in [6.07, 6.45) is 5.47. The van der Waals surface area contributed by atoms with E-state index in [0.29, 0.717) is 42.9 Å². The fraction of sp³-hybridized carbons (Fsp3) is 0.606. The van der Waals surface area contributed by atoms with Crippen molar-refractivity contribution in [3.8, 4) is 0 Å². The predicted octanol–water partition coefficient (Wildman–Crippen LogP) is 5.15. The van der Waals surface area contributed by atoms with E-state index in [0.717, 1.165) is 24.1 Å². The van der Waals surface area contributed by atoms with E-state index in [1.54, 1.807) is 6.20 Å². The molecule has 8 nitrogen and oxygen atoms in total. The maximum Gasteiger partial charge on any atom is 0.481 e. The first-order valence-corrected chi connectivity index (χ1v) is 15.5. The maximum atomic E-state index is 14.3. The minimum atomic E-state index is -1.18. The van der Waals surface area contributed by atoms with Gasteiger partial charge in [-0.3, -0.25) is 9.78 Å². The van der Waals surface area contributed by atoms with E-state index in [1.807, 2.05) is 48.5 Å². The summed E-state index contributed by atoms with van der Waals surface area (Å²) in [5.41, 5.74) is 1.28. The third-order valence-electron chi connectivity index (χ3n) is 10.2. The second-order valence-electron chi connectivity index (χ2n) is 13.9. The third-order valence-corrected chi connectivity index (χ3v) is 10.2. The number of ether oxygens (including phenoxy) is 1. The molecule has 7 rings (SSSR count). The van der Waals surface area contributed by atoms with Gasteiger partial charge >= 0.3 is 7.12 Å². The Bertz CT molecular complexity index is 1290. The van der Waals surface area contributed by atoms with Gasteiger partial charge in [-0.25, -0.2) is 0 Å². The number of benzene rings is 1. The smallest absolute Gasteiger partial charge is 0.404 e. The highest BCUT2D eigenvalue weighted by molar-refractivity contribution is 6.48. The molecule has 5 aliphatic rings. The minimum absolute atomic E-state index is 0.0537. The van der Waals surface area contributed by atoms with Gasteiger partial charge in [-0.1, -0.05) is 69.2 Å². The van der Waals surface area contributed by atoms with Crippen LogP contribution in [0.5, 0.6) is 0 Å². The predicted molar refractivity (Wildman–Crippen MR) is 161 cm³/mol. The molecule has 2 bridgehead atoms. The van der Waals surface area contributed by atoms with Crippen LogP contribution in [0.1, 0.15) is 71.6 Å². The highest BCUT2D eigenvalue weighted by Gasteiger charge is 2.68. The Labute approximate surface area is 250 Å². The van der Waals surface area contributed by atoms with Gasteiger partial charge in [0.05, 0.1) is 42.3 Å². The Morgan fingerprint density at radius 1 is 1.10 bits per heavy atom. The standard InChI is InChI=1S/C33H44BN3O5/c1-22(2)15-29(34-40-28-17-24-16-27(31(24,3)4)32(28,5)41-34)36-30(38)33(18-23-11-7-6-8-12-23)19-26(37-42-33)21-39-20-25-13-9-10-14-35-25/h6-14,22,24,27-29H,15-21H2,1-5H3,(H,36,38)/t24-,27-,28+,29-,32-,33?/m0/s1. The van der Waals surface area contributed by atoms with E-state index < -0.39 is 12.7 Å². The van der Waals surface area contributed by atoms with Gasteiger partial charge in [0.25, 0.3) is 5.91 Å². The van der Waals surface area contributed by atoms with Crippen LogP contribution in [-0.2, 0) is 36.7 Å². The van der Waals surface area contributed by atoms with Gasteiger partial charge < -0.3 is 24.2 Å². The highest BCUT2D eigenvalue weighted by atomic mass is 16.7. The molecule has 1 unspecified atom stereocenters. The summed E-state index contributed by atoms with van der Waals surface area (Å²) in [4.78, 5) is 24.6. The second kappa shape index (κ2) is 11.4. The van der Waals surface area contributed by atoms with Gasteiger partial charge in [-0.05, 0) is 67.1 Å². The summed E-state index contributed by atoms with van der Waals surface area (Å²) < 4.78 is 19.3. The van der Waals surface area contributed by atoms with Crippen LogP contribution in [0.4, 0.5) is 0 Å². The third kappa shape index (κ3) is 5.51. The Morgan fingerprint density at radius 2 is 1.88 bits per heavy atom. The average molecular weight is 574 g/mol. The van der Waals surface area contributed by atoms with Crippen molar-refractivity contribution in [1.82, 2.24) is 10.3 Å². The molecule has 2 aliphatic heterocycles. The molecule has 1 N–H and O–H groups in total. The largest absolute Gasteiger partial charge is 0.481 e. The SMILES string of the molecule is CC(C)C[C@H](NC(=O)C1(Cc2ccccc2)CC(COCc2ccccn2)=NO1)B1O[C@@H]2C[C@@H]3C[C@@H](C3(C)C)[C@]2(C)O1. The molecule has 3 aliphatic carbocycles. The van der Waals surface area contributed by atoms with Crippen molar-refractivity contribution >= 4 is 18.7 Å². The number of amides is 1. The fourth-order valence-electron chi connectivity index (χ4n) is 7.72. The lowest BCUT2D eigenvalue weighted by atomic mass is 9.43. The van der Waals surface area contributed by atoms with Crippen molar-refractivity contribution in [1.29, 1.82) is 0 Å². The van der Waals surface area contributed by atoms with E-state index in [4.69, 9.17) is 18.9 Å². The van der Waals surface area contributed by atoms with Crippen LogP contribution in [0.3, 0.4) is 0 Å². The van der Waals surface area contributed by atoms with Crippen molar-refractivity contribution in [3.63, 3.8) is 0 Å². The molecule has 224 valence electrons. The number of pyridine rings is 1. The number of hydrogen-bond donors (Lipinski definition) is 1. The molecule has 1 aromatic heterocycles. The highest BCUT2D eigenvalue weighted by Crippen LogP contribution is 2.65. The van der Waals surface area contributed by atoms with Crippen LogP contribution in [0.25, 0.3) is 0 Å². The molecule has 2 aromatic rings. The van der Waals surface area contributed by atoms with E-state index in [2.05, 4.69) is 50.1 Å². The van der Waals surface area contributed by atoms with Crippen molar-refractivity contribution in [3.05, 3.63) is 66.0 Å². The number of carbonyl (C=O) groups is 1. The van der Waals surface area contributed by atoms with Crippen molar-refractivity contribution < 1.29 is 23.7 Å². The number of aromatic nitrogens is 1. The van der Waals surface area contributed by atoms with Crippen LogP contribution in [0.15, 0.2) is 59.9 Å². The molecular formula is C33H44BN3O5. The van der Waals surface area contributed by atoms with E-state index in [9.17, 15) is 4.79 Å². The topological polar surface area (TPSA) is 91.3 Å². The molecule has 1 saturated heterocycles. The number of nitrogens with zero attached hydrogens (tertiary/aromatic N) is 2. The molecular weight excluding hydrogens is 529 g/mol. The zero-order chi connectivity index (χ0) is 29.5. The Morgan fingerprint density at radius 3 is 2.60 bits per heavy atom. The monoisotopic (exact) mass is 573 g/mol. The van der Waals surface area contributed by atoms with Crippen LogP contribution < -0.4 is 5.32 Å². The molecule has 4 fully saturated rings. The molecule has 3 saturated carbocycles. The van der Waals surface area contributed by atoms with E-state index in [1.165, 1.54) is 6.42 Å². The van der Waals surface area contributed by atoms with Crippen molar-refractivity contribution in [2.75, 3.05) is 6.61 Å². The quantitative estimate of drug-likeness (QED) is 0.374. The first-order valence-electron chi connectivity index (χ1n) is 15.5. The van der Waals surface area contributed by atoms with Crippen LogP contribution in [0.2, 0.25) is 0 Å². The van der Waals surface area contributed by atoms with Gasteiger partial charge in [-0.2, -0.15) is 0 Å². The van der Waals surface area contributed by atoms with Gasteiger partial charge in [0.2, 0.25) is 5.60 Å². The molecule has 0 spiro atoms. The number of nitrogens with one attached hydrogen (secondary N) is 1. The molecule has 6 atom stereocenters. The van der Waals surface area contributed by atoms with Gasteiger partial charge in [0, 0.05) is 19.0 Å². The lowest BCUT2D eigenvalue weighted by molar-refractivity contribution is -0.199. The minimum Gasteiger partial charge on any atom is -0.404 e. The fourth-order valence-corrected chi connectivity index (χ4v) is 7.72. The summed E-state index contributed by atoms with van der Waals surface area (Å²) in [5, 5.41) is 7.69. The van der Waals surface area contributed by atoms with Crippen molar-refractivity contribution in [2.24, 2.45) is 28.3 Å². The summed E-state index contributed by atoms with van der Waals surface area (Å²) in [6.45, 7) is 11.9. The van der Waals surface area contributed by atoms with Gasteiger partial charge in [-0.15, -0.1) is 0 Å². The zero-order valence-electron chi connectivity index (χ0n) is 25.5. The summed E-state index contributed by atoms with van der Waals surface area (Å²) in [7, 11) is -0.501. The first-order chi connectivity index (χ1) is 20.1. The molecule has 3 heterocycles. The summed E-state index contributed by atoms with van der Waals surface area (Å²) >= 11 is 0. The second-order valence-corrected chi connectivity index (χ2v) is 13.9. The Balaban J connectivity index is 1.17. The van der Waals surface area contributed by atoms with E-state index >= 15 is 0 Å². The zero-order valence-corrected chi connectivity index (χ0v) is 25.5. The van der Waals surface area contributed by atoms with Crippen LogP contribution in [-0.4, -0.2) is 53.6 Å². The number of hydrogen-bond acceptors (Lipinski definition) is 7. The molecule has 1 aromatic carbocycles. The maximum absolute atomic E-state index is 14.3. The number of carbonyl (C=O) groups excluding carboxylic acids is 1. The summed E-state index contributed by atoms with van der Waals surface area (Å²) in [6, 6.07) is 15.7. The van der Waals surface area contributed by atoms with E-state index in [-0.39, 0.29) is 35.6 Å². The average Bonchev–Trinajstić information content (AvgIpc) is 3.54. The number of oxime groups is 1. The first kappa shape index (κ1) is 29.3. The Hall–Kier alpha value is -2.75. The van der Waals surface area contributed by atoms with Gasteiger partial charge in [0.15, 0.2) is 0 Å².